The molecular formula is C24H18Cl2F4N6O2. The first-order valence-corrected chi connectivity index (χ1v) is 12.1. The van der Waals surface area contributed by atoms with Crippen molar-refractivity contribution in [1.29, 1.82) is 0 Å². The van der Waals surface area contributed by atoms with Gasteiger partial charge in [0.05, 0.1) is 10.6 Å². The number of rotatable bonds is 4. The Morgan fingerprint density at radius 2 is 1.82 bits per heavy atom. The standard InChI is InChI=1S/C24H18Cl2F4N6O2/c25-16-11-18-21(37)32-12-14(36(18)20(16)26)9-13-1-2-17(27)15(10-13)22(38)34-5-7-35(8-6-34)23-31-4-3-19(33-23)24(28,29)30/h1-4,10-12H,5-9H2,(H,32,37). The predicted molar refractivity (Wildman–Crippen MR) is 132 cm³/mol. The van der Waals surface area contributed by atoms with Crippen LogP contribution < -0.4 is 10.5 Å². The summed E-state index contributed by atoms with van der Waals surface area (Å²) in [5.41, 5.74) is -0.186. The van der Waals surface area contributed by atoms with Crippen LogP contribution >= 0.6 is 23.2 Å². The summed E-state index contributed by atoms with van der Waals surface area (Å²) in [7, 11) is 0. The number of benzene rings is 1. The van der Waals surface area contributed by atoms with Crippen LogP contribution in [-0.2, 0) is 12.6 Å². The van der Waals surface area contributed by atoms with E-state index in [2.05, 4.69) is 15.0 Å². The van der Waals surface area contributed by atoms with Crippen molar-refractivity contribution in [2.45, 2.75) is 12.6 Å². The summed E-state index contributed by atoms with van der Waals surface area (Å²) in [6, 6.07) is 6.36. The zero-order chi connectivity index (χ0) is 27.2. The summed E-state index contributed by atoms with van der Waals surface area (Å²) < 4.78 is 55.2. The third kappa shape index (κ3) is 4.93. The maximum atomic E-state index is 14.7. The minimum Gasteiger partial charge on any atom is -0.337 e. The lowest BCUT2D eigenvalue weighted by Crippen LogP contribution is -2.49. The average Bonchev–Trinajstić information content (AvgIpc) is 3.21. The molecule has 1 N–H and O–H groups in total. The second-order valence-corrected chi connectivity index (χ2v) is 9.39. The van der Waals surface area contributed by atoms with Crippen LogP contribution in [0, 0.1) is 5.82 Å². The third-order valence-corrected chi connectivity index (χ3v) is 6.97. The van der Waals surface area contributed by atoms with E-state index in [4.69, 9.17) is 23.2 Å². The van der Waals surface area contributed by atoms with Crippen LogP contribution in [0.25, 0.3) is 5.52 Å². The van der Waals surface area contributed by atoms with E-state index in [-0.39, 0.29) is 65.4 Å². The van der Waals surface area contributed by atoms with Gasteiger partial charge in [-0.1, -0.05) is 29.3 Å². The Hall–Kier alpha value is -3.64. The molecule has 198 valence electrons. The monoisotopic (exact) mass is 568 g/mol. The number of hydrogen-bond acceptors (Lipinski definition) is 5. The van der Waals surface area contributed by atoms with Crippen LogP contribution in [0.2, 0.25) is 10.2 Å². The maximum Gasteiger partial charge on any atom is 0.433 e. The van der Waals surface area contributed by atoms with E-state index in [0.717, 1.165) is 12.3 Å². The Morgan fingerprint density at radius 1 is 1.08 bits per heavy atom. The SMILES string of the molecule is O=C(c1cc(Cc2c[nH]c(=O)c3cc(Cl)c(Cl)n23)ccc1F)N1CCN(c2nccc(C(F)(F)F)n2)CC1. The molecule has 0 radical (unpaired) electrons. The highest BCUT2D eigenvalue weighted by atomic mass is 35.5. The first kappa shape index (κ1) is 26.0. The highest BCUT2D eigenvalue weighted by molar-refractivity contribution is 6.42. The van der Waals surface area contributed by atoms with Gasteiger partial charge in [0, 0.05) is 50.7 Å². The molecule has 0 spiro atoms. The molecule has 1 aliphatic heterocycles. The molecule has 0 saturated carbocycles. The molecule has 0 atom stereocenters. The smallest absolute Gasteiger partial charge is 0.337 e. The van der Waals surface area contributed by atoms with Crippen LogP contribution in [0.5, 0.6) is 0 Å². The summed E-state index contributed by atoms with van der Waals surface area (Å²) >= 11 is 12.4. The van der Waals surface area contributed by atoms with E-state index >= 15 is 0 Å². The molecule has 1 aromatic carbocycles. The van der Waals surface area contributed by atoms with E-state index in [9.17, 15) is 27.2 Å². The van der Waals surface area contributed by atoms with Crippen LogP contribution in [0.15, 0.2) is 47.5 Å². The zero-order valence-electron chi connectivity index (χ0n) is 19.4. The highest BCUT2D eigenvalue weighted by Crippen LogP contribution is 2.29. The Balaban J connectivity index is 1.33. The van der Waals surface area contributed by atoms with Crippen molar-refractivity contribution < 1.29 is 22.4 Å². The Morgan fingerprint density at radius 3 is 2.53 bits per heavy atom. The fraction of sp³-hybridized carbons (Fsp3) is 0.250. The van der Waals surface area contributed by atoms with Crippen molar-refractivity contribution in [3.05, 3.63) is 91.6 Å². The second-order valence-electron chi connectivity index (χ2n) is 8.62. The molecule has 1 aliphatic rings. The number of nitrogens with one attached hydrogen (secondary N) is 1. The number of fused-ring (bicyclic) bond motifs is 1. The van der Waals surface area contributed by atoms with Gasteiger partial charge in [-0.25, -0.2) is 14.4 Å². The van der Waals surface area contributed by atoms with Crippen molar-refractivity contribution in [3.8, 4) is 0 Å². The predicted octanol–water partition coefficient (Wildman–Crippen LogP) is 4.44. The molecule has 0 aliphatic carbocycles. The number of halogens is 6. The first-order valence-electron chi connectivity index (χ1n) is 11.3. The Kier molecular flexibility index (Phi) is 6.78. The number of anilines is 1. The summed E-state index contributed by atoms with van der Waals surface area (Å²) in [6.45, 7) is 0.632. The van der Waals surface area contributed by atoms with Gasteiger partial charge in [-0.2, -0.15) is 13.2 Å². The molecule has 0 bridgehead atoms. The molecule has 0 unspecified atom stereocenters. The number of aromatic nitrogens is 4. The molecule has 1 fully saturated rings. The number of H-pyrrole nitrogens is 1. The molecule has 4 heterocycles. The molecule has 1 saturated heterocycles. The van der Waals surface area contributed by atoms with Gasteiger partial charge in [-0.3, -0.25) is 14.0 Å². The van der Waals surface area contributed by atoms with Gasteiger partial charge in [-0.05, 0) is 29.8 Å². The van der Waals surface area contributed by atoms with Gasteiger partial charge < -0.3 is 14.8 Å². The van der Waals surface area contributed by atoms with Crippen LogP contribution in [0.3, 0.4) is 0 Å². The van der Waals surface area contributed by atoms with Crippen LogP contribution in [-0.4, -0.2) is 56.3 Å². The van der Waals surface area contributed by atoms with E-state index < -0.39 is 23.6 Å². The van der Waals surface area contributed by atoms with Crippen LogP contribution in [0.4, 0.5) is 23.5 Å². The number of carbonyl (C=O) groups is 1. The Labute approximate surface area is 222 Å². The molecule has 1 amide bonds. The molecule has 3 aromatic heterocycles. The van der Waals surface area contributed by atoms with Crippen molar-refractivity contribution in [3.63, 3.8) is 0 Å². The fourth-order valence-corrected chi connectivity index (χ4v) is 4.76. The van der Waals surface area contributed by atoms with Gasteiger partial charge in [0.2, 0.25) is 5.95 Å². The van der Waals surface area contributed by atoms with Gasteiger partial charge in [0.25, 0.3) is 11.5 Å². The summed E-state index contributed by atoms with van der Waals surface area (Å²) in [5.74, 6) is -1.35. The molecule has 38 heavy (non-hydrogen) atoms. The van der Waals surface area contributed by atoms with Gasteiger partial charge in [0.15, 0.2) is 0 Å². The minimum atomic E-state index is -4.60. The molecular weight excluding hydrogens is 551 g/mol. The third-order valence-electron chi connectivity index (χ3n) is 6.22. The number of nitrogens with zero attached hydrogens (tertiary/aromatic N) is 5. The van der Waals surface area contributed by atoms with Gasteiger partial charge in [-0.15, -0.1) is 0 Å². The number of piperazine rings is 1. The topological polar surface area (TPSA) is 86.6 Å². The van der Waals surface area contributed by atoms with Crippen molar-refractivity contribution in [1.82, 2.24) is 24.3 Å². The van der Waals surface area contributed by atoms with Crippen LogP contribution in [0.1, 0.15) is 27.3 Å². The van der Waals surface area contributed by atoms with Crippen molar-refractivity contribution in [2.75, 3.05) is 31.1 Å². The molecule has 8 nitrogen and oxygen atoms in total. The molecule has 5 rings (SSSR count). The number of alkyl halides is 3. The van der Waals surface area contributed by atoms with Gasteiger partial charge in [0.1, 0.15) is 22.2 Å². The largest absolute Gasteiger partial charge is 0.433 e. The summed E-state index contributed by atoms with van der Waals surface area (Å²) in [6.07, 6.45) is -1.89. The quantitative estimate of drug-likeness (QED) is 0.368. The fourth-order valence-electron chi connectivity index (χ4n) is 4.32. The highest BCUT2D eigenvalue weighted by Gasteiger charge is 2.34. The van der Waals surface area contributed by atoms with E-state index in [1.807, 2.05) is 0 Å². The number of hydrogen-bond donors (Lipinski definition) is 1. The Bertz CT molecular complexity index is 1600. The summed E-state index contributed by atoms with van der Waals surface area (Å²) in [4.78, 5) is 38.4. The van der Waals surface area contributed by atoms with E-state index in [1.165, 1.54) is 39.8 Å². The van der Waals surface area contributed by atoms with E-state index in [0.29, 0.717) is 11.3 Å². The molecule has 4 aromatic rings. The normalized spacial score (nSPS) is 14.4. The lowest BCUT2D eigenvalue weighted by atomic mass is 10.0. The first-order chi connectivity index (χ1) is 18.0. The average molecular weight is 569 g/mol. The number of amides is 1. The van der Waals surface area contributed by atoms with Crippen molar-refractivity contribution >= 4 is 40.6 Å². The lowest BCUT2D eigenvalue weighted by molar-refractivity contribution is -0.141. The zero-order valence-corrected chi connectivity index (χ0v) is 20.9. The summed E-state index contributed by atoms with van der Waals surface area (Å²) in [5, 5.41) is 0.359. The minimum absolute atomic E-state index is 0.0869. The number of carbonyl (C=O) groups excluding carboxylic acids is 1. The van der Waals surface area contributed by atoms with Crippen molar-refractivity contribution in [2.24, 2.45) is 0 Å². The van der Waals surface area contributed by atoms with E-state index in [1.54, 1.807) is 4.90 Å². The maximum absolute atomic E-state index is 14.7. The second kappa shape index (κ2) is 9.91. The lowest BCUT2D eigenvalue weighted by Gasteiger charge is -2.35. The number of aromatic amines is 1. The molecule has 14 heteroatoms. The van der Waals surface area contributed by atoms with Gasteiger partial charge >= 0.3 is 6.18 Å².